The van der Waals surface area contributed by atoms with E-state index in [1.165, 1.54) is 0 Å². The summed E-state index contributed by atoms with van der Waals surface area (Å²) in [6, 6.07) is 5.98. The summed E-state index contributed by atoms with van der Waals surface area (Å²) in [6.07, 6.45) is 3.81. The maximum atomic E-state index is 12.6. The van der Waals surface area contributed by atoms with Crippen LogP contribution in [0.15, 0.2) is 18.2 Å². The van der Waals surface area contributed by atoms with Crippen LogP contribution in [0.2, 0.25) is 0 Å². The summed E-state index contributed by atoms with van der Waals surface area (Å²) in [7, 11) is 0. The number of fused-ring (bicyclic) bond motifs is 2. The molecule has 23 heavy (non-hydrogen) atoms. The van der Waals surface area contributed by atoms with Crippen LogP contribution in [0.1, 0.15) is 48.5 Å². The Morgan fingerprint density at radius 2 is 2.09 bits per heavy atom. The number of carbonyl (C=O) groups is 2. The average molecular weight is 313 g/mol. The molecule has 1 aromatic carbocycles. The number of nitrogens with one attached hydrogen (secondary N) is 2. The van der Waals surface area contributed by atoms with Crippen molar-refractivity contribution in [3.63, 3.8) is 0 Å². The van der Waals surface area contributed by atoms with Crippen LogP contribution in [0, 0.1) is 0 Å². The number of hydrogen-bond donors (Lipinski definition) is 2. The SMILES string of the molecule is CCN1CCC2(CC1)C(=O)Nc1ccc(C(=O)NC3CC3)cc12. The van der Waals surface area contributed by atoms with Crippen LogP contribution < -0.4 is 10.6 Å². The van der Waals surface area contributed by atoms with Crippen LogP contribution in [-0.4, -0.2) is 42.4 Å². The van der Waals surface area contributed by atoms with Crippen LogP contribution >= 0.6 is 0 Å². The molecular formula is C18H23N3O2. The summed E-state index contributed by atoms with van der Waals surface area (Å²) in [5, 5.41) is 6.05. The molecule has 1 saturated carbocycles. The maximum Gasteiger partial charge on any atom is 0.251 e. The van der Waals surface area contributed by atoms with Crippen LogP contribution in [0.3, 0.4) is 0 Å². The zero-order chi connectivity index (χ0) is 16.0. The predicted octanol–water partition coefficient (Wildman–Crippen LogP) is 1.88. The van der Waals surface area contributed by atoms with E-state index in [0.29, 0.717) is 11.6 Å². The Balaban J connectivity index is 1.64. The van der Waals surface area contributed by atoms with E-state index in [0.717, 1.165) is 56.6 Å². The Hall–Kier alpha value is -1.88. The zero-order valence-corrected chi connectivity index (χ0v) is 13.5. The van der Waals surface area contributed by atoms with Crippen molar-refractivity contribution in [3.05, 3.63) is 29.3 Å². The first-order valence-corrected chi connectivity index (χ1v) is 8.61. The first-order valence-electron chi connectivity index (χ1n) is 8.61. The number of benzene rings is 1. The van der Waals surface area contributed by atoms with Gasteiger partial charge in [-0.15, -0.1) is 0 Å². The van der Waals surface area contributed by atoms with Gasteiger partial charge in [-0.05, 0) is 69.1 Å². The highest BCUT2D eigenvalue weighted by Gasteiger charge is 2.48. The first-order chi connectivity index (χ1) is 11.1. The van der Waals surface area contributed by atoms with E-state index < -0.39 is 5.41 Å². The van der Waals surface area contributed by atoms with Gasteiger partial charge in [-0.3, -0.25) is 9.59 Å². The molecule has 122 valence electrons. The highest BCUT2D eigenvalue weighted by Crippen LogP contribution is 2.45. The van der Waals surface area contributed by atoms with E-state index in [2.05, 4.69) is 22.5 Å². The minimum atomic E-state index is -0.448. The lowest BCUT2D eigenvalue weighted by atomic mass is 9.73. The lowest BCUT2D eigenvalue weighted by Gasteiger charge is -2.37. The summed E-state index contributed by atoms with van der Waals surface area (Å²) in [5.74, 6) is 0.0822. The molecular weight excluding hydrogens is 290 g/mol. The van der Waals surface area contributed by atoms with E-state index in [1.807, 2.05) is 18.2 Å². The number of nitrogens with zero attached hydrogens (tertiary/aromatic N) is 1. The molecule has 2 fully saturated rings. The molecule has 0 aromatic heterocycles. The third-order valence-corrected chi connectivity index (χ3v) is 5.55. The third kappa shape index (κ3) is 2.43. The van der Waals surface area contributed by atoms with Gasteiger partial charge in [-0.1, -0.05) is 6.92 Å². The van der Waals surface area contributed by atoms with Crippen molar-refractivity contribution in [2.45, 2.75) is 44.1 Å². The number of hydrogen-bond acceptors (Lipinski definition) is 3. The second kappa shape index (κ2) is 5.34. The molecule has 1 spiro atoms. The zero-order valence-electron chi connectivity index (χ0n) is 13.5. The molecule has 0 atom stereocenters. The summed E-state index contributed by atoms with van der Waals surface area (Å²) in [6.45, 7) is 5.04. The minimum absolute atomic E-state index is 0.0178. The number of carbonyl (C=O) groups excluding carboxylic acids is 2. The van der Waals surface area contributed by atoms with Gasteiger partial charge in [-0.25, -0.2) is 0 Å². The fourth-order valence-electron chi connectivity index (χ4n) is 3.80. The number of piperidine rings is 1. The fraction of sp³-hybridized carbons (Fsp3) is 0.556. The predicted molar refractivity (Wildman–Crippen MR) is 88.6 cm³/mol. The molecule has 0 bridgehead atoms. The molecule has 2 amide bonds. The Morgan fingerprint density at radius 3 is 2.74 bits per heavy atom. The van der Waals surface area contributed by atoms with Crippen molar-refractivity contribution in [1.82, 2.24) is 10.2 Å². The third-order valence-electron chi connectivity index (χ3n) is 5.55. The molecule has 5 nitrogen and oxygen atoms in total. The molecule has 1 aliphatic carbocycles. The Morgan fingerprint density at radius 1 is 1.35 bits per heavy atom. The number of anilines is 1. The van der Waals surface area contributed by atoms with Crippen molar-refractivity contribution in [3.8, 4) is 0 Å². The molecule has 5 heteroatoms. The Bertz CT molecular complexity index is 658. The van der Waals surface area contributed by atoms with Crippen molar-refractivity contribution in [1.29, 1.82) is 0 Å². The quantitative estimate of drug-likeness (QED) is 0.896. The molecule has 0 unspecified atom stereocenters. The normalized spacial score (nSPS) is 22.7. The van der Waals surface area contributed by atoms with Crippen molar-refractivity contribution >= 4 is 17.5 Å². The lowest BCUT2D eigenvalue weighted by Crippen LogP contribution is -2.46. The van der Waals surface area contributed by atoms with E-state index in [1.54, 1.807) is 0 Å². The van der Waals surface area contributed by atoms with E-state index in [-0.39, 0.29) is 11.8 Å². The van der Waals surface area contributed by atoms with E-state index >= 15 is 0 Å². The van der Waals surface area contributed by atoms with Gasteiger partial charge in [0.1, 0.15) is 0 Å². The van der Waals surface area contributed by atoms with Gasteiger partial charge in [0, 0.05) is 17.3 Å². The van der Waals surface area contributed by atoms with Crippen molar-refractivity contribution in [2.75, 3.05) is 25.0 Å². The molecule has 2 N–H and O–H groups in total. The molecule has 0 radical (unpaired) electrons. The van der Waals surface area contributed by atoms with E-state index in [4.69, 9.17) is 0 Å². The number of likely N-dealkylation sites (tertiary alicyclic amines) is 1. The lowest BCUT2D eigenvalue weighted by molar-refractivity contribution is -0.122. The first kappa shape index (κ1) is 14.7. The van der Waals surface area contributed by atoms with Gasteiger partial charge in [-0.2, -0.15) is 0 Å². The number of amides is 2. The maximum absolute atomic E-state index is 12.6. The van der Waals surface area contributed by atoms with Gasteiger partial charge in [0.05, 0.1) is 5.41 Å². The van der Waals surface area contributed by atoms with Gasteiger partial charge < -0.3 is 15.5 Å². The molecule has 3 aliphatic rings. The largest absolute Gasteiger partial charge is 0.349 e. The van der Waals surface area contributed by atoms with Crippen LogP contribution in [0.4, 0.5) is 5.69 Å². The second-order valence-corrected chi connectivity index (χ2v) is 6.98. The monoisotopic (exact) mass is 313 g/mol. The highest BCUT2D eigenvalue weighted by atomic mass is 16.2. The van der Waals surface area contributed by atoms with Gasteiger partial charge >= 0.3 is 0 Å². The second-order valence-electron chi connectivity index (χ2n) is 6.98. The molecule has 2 aliphatic heterocycles. The average Bonchev–Trinajstić information content (AvgIpc) is 3.34. The Labute approximate surface area is 136 Å². The fourth-order valence-corrected chi connectivity index (χ4v) is 3.80. The van der Waals surface area contributed by atoms with Crippen molar-refractivity contribution < 1.29 is 9.59 Å². The topological polar surface area (TPSA) is 61.4 Å². The van der Waals surface area contributed by atoms with Gasteiger partial charge in [0.25, 0.3) is 5.91 Å². The number of rotatable bonds is 3. The Kier molecular flexibility index (Phi) is 3.41. The standard InChI is InChI=1S/C18H23N3O2/c1-2-21-9-7-18(8-10-21)14-11-12(16(22)19-13-4-5-13)3-6-15(14)20-17(18)23/h3,6,11,13H,2,4-5,7-10H2,1H3,(H,19,22)(H,20,23). The van der Waals surface area contributed by atoms with E-state index in [9.17, 15) is 9.59 Å². The summed E-state index contributed by atoms with van der Waals surface area (Å²) in [5.41, 5.74) is 2.12. The van der Waals surface area contributed by atoms with Crippen molar-refractivity contribution in [2.24, 2.45) is 0 Å². The molecule has 1 saturated heterocycles. The van der Waals surface area contributed by atoms with Crippen LogP contribution in [-0.2, 0) is 10.2 Å². The van der Waals surface area contributed by atoms with Crippen LogP contribution in [0.5, 0.6) is 0 Å². The van der Waals surface area contributed by atoms with Gasteiger partial charge in [0.2, 0.25) is 5.91 Å². The molecule has 2 heterocycles. The highest BCUT2D eigenvalue weighted by molar-refractivity contribution is 6.07. The molecule has 1 aromatic rings. The van der Waals surface area contributed by atoms with Crippen LogP contribution in [0.25, 0.3) is 0 Å². The molecule has 4 rings (SSSR count). The smallest absolute Gasteiger partial charge is 0.251 e. The summed E-state index contributed by atoms with van der Waals surface area (Å²) < 4.78 is 0. The summed E-state index contributed by atoms with van der Waals surface area (Å²) >= 11 is 0. The van der Waals surface area contributed by atoms with Gasteiger partial charge in [0.15, 0.2) is 0 Å². The summed E-state index contributed by atoms with van der Waals surface area (Å²) in [4.78, 5) is 27.3. The minimum Gasteiger partial charge on any atom is -0.349 e.